The van der Waals surface area contributed by atoms with Crippen LogP contribution in [0.1, 0.15) is 33.9 Å². The van der Waals surface area contributed by atoms with Crippen LogP contribution in [0.15, 0.2) is 47.4 Å². The summed E-state index contributed by atoms with van der Waals surface area (Å²) in [6.07, 6.45) is -4.20. The van der Waals surface area contributed by atoms with Crippen molar-refractivity contribution in [2.75, 3.05) is 18.5 Å². The predicted molar refractivity (Wildman–Crippen MR) is 148 cm³/mol. The normalized spacial score (nSPS) is 24.4. The van der Waals surface area contributed by atoms with Crippen molar-refractivity contribution in [2.24, 2.45) is 5.92 Å². The van der Waals surface area contributed by atoms with Gasteiger partial charge in [0.2, 0.25) is 11.6 Å². The summed E-state index contributed by atoms with van der Waals surface area (Å²) < 4.78 is 54.0. The van der Waals surface area contributed by atoms with Gasteiger partial charge in [-0.1, -0.05) is 31.0 Å². The van der Waals surface area contributed by atoms with E-state index in [9.17, 15) is 19.3 Å². The summed E-state index contributed by atoms with van der Waals surface area (Å²) in [7, 11) is -4.09. The second-order valence-corrected chi connectivity index (χ2v) is 11.9. The average molecular weight is 591 g/mol. The van der Waals surface area contributed by atoms with Crippen molar-refractivity contribution in [3.8, 4) is 17.6 Å². The Morgan fingerprint density at radius 3 is 2.68 bits per heavy atom. The Morgan fingerprint density at radius 1 is 1.32 bits per heavy atom. The van der Waals surface area contributed by atoms with Crippen molar-refractivity contribution in [3.63, 3.8) is 0 Å². The number of rotatable bonds is 10. The zero-order valence-corrected chi connectivity index (χ0v) is 23.8. The molecule has 1 aromatic carbocycles. The number of nitrogens with one attached hydrogen (secondary N) is 1. The van der Waals surface area contributed by atoms with Crippen LogP contribution < -0.4 is 15.8 Å². The van der Waals surface area contributed by atoms with Crippen molar-refractivity contribution < 1.29 is 37.4 Å². The smallest absolute Gasteiger partial charge is 0.380 e. The number of halogens is 1. The van der Waals surface area contributed by atoms with Gasteiger partial charge in [0, 0.05) is 6.20 Å². The van der Waals surface area contributed by atoms with Gasteiger partial charge in [-0.2, -0.15) is 4.98 Å². The fourth-order valence-electron chi connectivity index (χ4n) is 4.43. The van der Waals surface area contributed by atoms with E-state index in [2.05, 4.69) is 21.8 Å². The number of carbonyl (C=O) groups is 1. The first kappa shape index (κ1) is 30.3. The van der Waals surface area contributed by atoms with Crippen LogP contribution in [-0.4, -0.2) is 62.4 Å². The third kappa shape index (κ3) is 6.47. The van der Waals surface area contributed by atoms with Crippen LogP contribution in [0, 0.1) is 17.8 Å². The van der Waals surface area contributed by atoms with Crippen LogP contribution in [0.4, 0.5) is 10.3 Å². The number of carbonyl (C=O) groups excluding carboxylic acids is 1. The highest BCUT2D eigenvalue weighted by molar-refractivity contribution is 7.54. The molecule has 3 aromatic rings. The average Bonchev–Trinajstić information content (AvgIpc) is 3.42. The first-order chi connectivity index (χ1) is 19.4. The Morgan fingerprint density at radius 2 is 2.02 bits per heavy atom. The number of anilines is 1. The lowest BCUT2D eigenvalue weighted by atomic mass is 9.96. The van der Waals surface area contributed by atoms with Crippen LogP contribution in [0.2, 0.25) is 0 Å². The largest absolute Gasteiger partial charge is 0.463 e. The maximum absolute atomic E-state index is 16.4. The molecule has 0 saturated carbocycles. The zero-order valence-electron chi connectivity index (χ0n) is 22.9. The third-order valence-corrected chi connectivity index (χ3v) is 8.32. The minimum atomic E-state index is -4.09. The highest BCUT2D eigenvalue weighted by Crippen LogP contribution is 2.51. The number of hydrogen-bond donors (Lipinski definition) is 3. The molecular weight excluding hydrogens is 558 g/mol. The fourth-order valence-corrected chi connectivity index (χ4v) is 6.30. The van der Waals surface area contributed by atoms with E-state index in [0.717, 1.165) is 0 Å². The van der Waals surface area contributed by atoms with Crippen molar-refractivity contribution in [1.29, 1.82) is 0 Å². The van der Waals surface area contributed by atoms with E-state index in [1.807, 2.05) is 0 Å². The van der Waals surface area contributed by atoms with E-state index >= 15 is 4.39 Å². The Balaban J connectivity index is 1.62. The highest BCUT2D eigenvalue weighted by atomic mass is 31.2. The molecule has 41 heavy (non-hydrogen) atoms. The van der Waals surface area contributed by atoms with E-state index < -0.39 is 55.8 Å². The van der Waals surface area contributed by atoms with Crippen molar-refractivity contribution in [1.82, 2.24) is 14.5 Å². The van der Waals surface area contributed by atoms with Crippen molar-refractivity contribution >= 4 is 30.5 Å². The first-order valence-corrected chi connectivity index (χ1v) is 14.6. The molecule has 1 fully saturated rings. The summed E-state index contributed by atoms with van der Waals surface area (Å²) >= 11 is 0. The number of benzene rings is 1. The zero-order chi connectivity index (χ0) is 29.9. The van der Waals surface area contributed by atoms with E-state index in [1.165, 1.54) is 30.7 Å². The van der Waals surface area contributed by atoms with Gasteiger partial charge in [-0.05, 0) is 39.0 Å². The molecule has 1 unspecified atom stereocenters. The minimum absolute atomic E-state index is 0.0144. The number of fused-ring (bicyclic) bond motifs is 1. The predicted octanol–water partition coefficient (Wildman–Crippen LogP) is 3.17. The summed E-state index contributed by atoms with van der Waals surface area (Å²) in [4.78, 5) is 31.2. The van der Waals surface area contributed by atoms with Gasteiger partial charge in [0.1, 0.15) is 18.0 Å². The lowest BCUT2D eigenvalue weighted by Crippen LogP contribution is -2.42. The topological polar surface area (TPSA) is 168 Å². The van der Waals surface area contributed by atoms with Gasteiger partial charge in [0.05, 0.1) is 30.2 Å². The number of aliphatic hydroxyl groups is 1. The molecule has 14 heteroatoms. The van der Waals surface area contributed by atoms with Gasteiger partial charge in [0.15, 0.2) is 11.9 Å². The van der Waals surface area contributed by atoms with Crippen LogP contribution in [0.25, 0.3) is 11.0 Å². The molecule has 1 aliphatic rings. The molecule has 220 valence electrons. The number of alkyl halides is 1. The molecule has 0 aliphatic carbocycles. The number of para-hydroxylation sites is 1. The molecule has 0 radical (unpaired) electrons. The number of aromatic nitrogens is 3. The van der Waals surface area contributed by atoms with Crippen LogP contribution in [0.5, 0.6) is 5.75 Å². The molecule has 12 nitrogen and oxygen atoms in total. The van der Waals surface area contributed by atoms with Gasteiger partial charge in [-0.25, -0.2) is 8.96 Å². The van der Waals surface area contributed by atoms with Gasteiger partial charge in [-0.15, -0.1) is 5.92 Å². The molecule has 1 aliphatic heterocycles. The number of nitrogens with two attached hydrogens (primary N) is 1. The maximum Gasteiger partial charge on any atom is 0.380 e. The molecule has 0 amide bonds. The molecule has 2 aromatic heterocycles. The van der Waals surface area contributed by atoms with Gasteiger partial charge in [-0.3, -0.25) is 19.1 Å². The summed E-state index contributed by atoms with van der Waals surface area (Å²) in [5.41, 5.74) is 2.49. The quantitative estimate of drug-likeness (QED) is 0.181. The number of esters is 1. The Labute approximate surface area is 235 Å². The number of ether oxygens (including phenoxy) is 2. The number of hydrogen-bond acceptors (Lipinski definition) is 10. The highest BCUT2D eigenvalue weighted by Gasteiger charge is 2.58. The molecule has 4 rings (SSSR count). The minimum Gasteiger partial charge on any atom is -0.463 e. The summed E-state index contributed by atoms with van der Waals surface area (Å²) in [6, 6.07) is 9.59. The number of nitrogen functional groups attached to an aromatic ring is 1. The SMILES string of the molecule is CC#CC1(F)[C@@H](O)[C@@H](CO[P@@](=O)(C[C@@H](C)C(=O)OC(C)C)Oc2ccccc2)O[C@H]1n1ccc2c(=O)[nH]c(N)nc21. The Bertz CT molecular complexity index is 1570. The van der Waals surface area contributed by atoms with Crippen molar-refractivity contribution in [3.05, 3.63) is 52.9 Å². The standard InChI is InChI=1S/C27H32FN4O8P/c1-5-12-27(28)21(33)20(39-25(27)32-13-11-19-22(32)30-26(29)31-23(19)34)14-37-41(36,40-18-9-7-6-8-10-18)15-17(4)24(35)38-16(2)3/h6-11,13,16-17,20-21,25,33H,14-15H2,1-4H3,(H3,29,30,31,34)/t17-,20-,21+,25-,27?,41+/m1/s1. The fraction of sp³-hybridized carbons (Fsp3) is 0.444. The van der Waals surface area contributed by atoms with Crippen molar-refractivity contribution in [2.45, 2.75) is 57.9 Å². The summed E-state index contributed by atoms with van der Waals surface area (Å²) in [5.74, 6) is 3.37. The summed E-state index contributed by atoms with van der Waals surface area (Å²) in [6.45, 7) is 5.70. The first-order valence-electron chi connectivity index (χ1n) is 12.9. The molecular formula is C27H32FN4O8P. The van der Waals surface area contributed by atoms with Crippen LogP contribution in [0.3, 0.4) is 0 Å². The third-order valence-electron chi connectivity index (χ3n) is 6.29. The lowest BCUT2D eigenvalue weighted by Gasteiger charge is -2.25. The molecule has 0 spiro atoms. The second kappa shape index (κ2) is 12.0. The van der Waals surface area contributed by atoms with Crippen LogP contribution in [-0.2, 0) is 23.4 Å². The maximum atomic E-state index is 16.4. The van der Waals surface area contributed by atoms with Gasteiger partial charge >= 0.3 is 13.6 Å². The molecule has 3 heterocycles. The monoisotopic (exact) mass is 590 g/mol. The number of aromatic amines is 1. The number of nitrogens with zero attached hydrogens (tertiary/aromatic N) is 2. The van der Waals surface area contributed by atoms with E-state index in [4.69, 9.17) is 24.3 Å². The van der Waals surface area contributed by atoms with E-state index in [0.29, 0.717) is 0 Å². The molecule has 1 saturated heterocycles. The Hall–Kier alpha value is -3.69. The number of H-pyrrole nitrogens is 1. The van der Waals surface area contributed by atoms with Gasteiger partial charge in [0.25, 0.3) is 5.56 Å². The van der Waals surface area contributed by atoms with Gasteiger partial charge < -0.3 is 29.4 Å². The Kier molecular flexibility index (Phi) is 8.89. The van der Waals surface area contributed by atoms with E-state index in [-0.39, 0.29) is 35.0 Å². The second-order valence-electron chi connectivity index (χ2n) is 9.91. The molecule has 6 atom stereocenters. The molecule has 4 N–H and O–H groups in total. The number of aliphatic hydroxyl groups excluding tert-OH is 1. The summed E-state index contributed by atoms with van der Waals surface area (Å²) in [5, 5.41) is 11.1. The van der Waals surface area contributed by atoms with E-state index in [1.54, 1.807) is 44.2 Å². The van der Waals surface area contributed by atoms with Crippen LogP contribution >= 0.6 is 7.60 Å². The molecule has 0 bridgehead atoms. The lowest BCUT2D eigenvalue weighted by molar-refractivity contribution is -0.151.